The van der Waals surface area contributed by atoms with Gasteiger partial charge in [-0.15, -0.1) is 0 Å². The van der Waals surface area contributed by atoms with Crippen LogP contribution in [0.15, 0.2) is 30.3 Å². The average molecular weight is 302 g/mol. The highest BCUT2D eigenvalue weighted by Gasteiger charge is 2.29. The van der Waals surface area contributed by atoms with Crippen LogP contribution in [0.1, 0.15) is 19.8 Å². The Morgan fingerprint density at radius 1 is 1.38 bits per heavy atom. The van der Waals surface area contributed by atoms with Crippen LogP contribution < -0.4 is 11.1 Å². The summed E-state index contributed by atoms with van der Waals surface area (Å²) in [5, 5.41) is 4.59. The highest BCUT2D eigenvalue weighted by molar-refractivity contribution is 7.11. The maximum absolute atomic E-state index is 6.05. The minimum Gasteiger partial charge on any atom is -0.382 e. The Labute approximate surface area is 130 Å². The second-order valence-corrected chi connectivity index (χ2v) is 6.54. The number of nitrogen functional groups attached to an aromatic ring is 1. The maximum atomic E-state index is 6.05. The molecule has 0 saturated heterocycles. The molecule has 1 aromatic carbocycles. The topological polar surface area (TPSA) is 54.2 Å². The molecule has 5 heteroatoms. The van der Waals surface area contributed by atoms with Gasteiger partial charge in [0, 0.05) is 18.6 Å². The van der Waals surface area contributed by atoms with E-state index in [0.29, 0.717) is 11.9 Å². The number of nitrogens with zero attached hydrogens (tertiary/aromatic N) is 2. The van der Waals surface area contributed by atoms with Gasteiger partial charge in [-0.25, -0.2) is 0 Å². The fourth-order valence-corrected chi connectivity index (χ4v) is 3.28. The van der Waals surface area contributed by atoms with Crippen molar-refractivity contribution in [2.75, 3.05) is 24.6 Å². The third kappa shape index (κ3) is 3.19. The summed E-state index contributed by atoms with van der Waals surface area (Å²) in [6.45, 7) is 3.17. The second kappa shape index (κ2) is 6.03. The van der Waals surface area contributed by atoms with E-state index in [4.69, 9.17) is 5.73 Å². The summed E-state index contributed by atoms with van der Waals surface area (Å²) in [6, 6.07) is 11.5. The Kier molecular flexibility index (Phi) is 4.12. The van der Waals surface area contributed by atoms with Gasteiger partial charge in [0.2, 0.25) is 0 Å². The molecule has 1 heterocycles. The van der Waals surface area contributed by atoms with Crippen molar-refractivity contribution < 1.29 is 0 Å². The van der Waals surface area contributed by atoms with Crippen LogP contribution in [0.2, 0.25) is 0 Å². The minimum absolute atomic E-state index is 0.504. The predicted octanol–water partition coefficient (Wildman–Crippen LogP) is 3.29. The van der Waals surface area contributed by atoms with Crippen molar-refractivity contribution in [2.45, 2.75) is 31.8 Å². The number of hydrogen-bond donors (Lipinski definition) is 2. The van der Waals surface area contributed by atoms with Gasteiger partial charge in [-0.05, 0) is 43.9 Å². The SMILES string of the molecule is CC(CNc1snc(N)c1-c1ccccc1)N(C)C1CC1. The summed E-state index contributed by atoms with van der Waals surface area (Å²) in [6.07, 6.45) is 2.67. The normalized spacial score (nSPS) is 16.1. The maximum Gasteiger partial charge on any atom is 0.147 e. The third-order valence-electron chi connectivity index (χ3n) is 4.16. The molecule has 1 aromatic heterocycles. The van der Waals surface area contributed by atoms with Crippen molar-refractivity contribution in [1.29, 1.82) is 0 Å². The summed E-state index contributed by atoms with van der Waals surface area (Å²) < 4.78 is 4.31. The molecule has 0 aliphatic heterocycles. The van der Waals surface area contributed by atoms with Crippen molar-refractivity contribution in [3.8, 4) is 11.1 Å². The van der Waals surface area contributed by atoms with Crippen LogP contribution in [0.3, 0.4) is 0 Å². The largest absolute Gasteiger partial charge is 0.382 e. The Hall–Kier alpha value is -1.59. The first kappa shape index (κ1) is 14.4. The second-order valence-electron chi connectivity index (χ2n) is 5.76. The van der Waals surface area contributed by atoms with Gasteiger partial charge in [0.15, 0.2) is 0 Å². The number of rotatable bonds is 6. The summed E-state index contributed by atoms with van der Waals surface area (Å²) in [5.41, 5.74) is 8.20. The van der Waals surface area contributed by atoms with Gasteiger partial charge in [-0.3, -0.25) is 4.90 Å². The number of nitrogens with two attached hydrogens (primary N) is 1. The molecule has 0 spiro atoms. The lowest BCUT2D eigenvalue weighted by Gasteiger charge is -2.24. The quantitative estimate of drug-likeness (QED) is 0.860. The lowest BCUT2D eigenvalue weighted by molar-refractivity contribution is 0.257. The van der Waals surface area contributed by atoms with Gasteiger partial charge in [0.05, 0.1) is 5.56 Å². The van der Waals surface area contributed by atoms with E-state index in [1.807, 2.05) is 18.2 Å². The fourth-order valence-electron chi connectivity index (χ4n) is 2.53. The van der Waals surface area contributed by atoms with Crippen LogP contribution in [-0.4, -0.2) is 34.9 Å². The zero-order valence-electron chi connectivity index (χ0n) is 12.5. The summed E-state index contributed by atoms with van der Waals surface area (Å²) in [4.78, 5) is 2.46. The van der Waals surface area contributed by atoms with Gasteiger partial charge >= 0.3 is 0 Å². The van der Waals surface area contributed by atoms with Crippen molar-refractivity contribution >= 4 is 22.4 Å². The highest BCUT2D eigenvalue weighted by Crippen LogP contribution is 2.36. The fraction of sp³-hybridized carbons (Fsp3) is 0.438. The van der Waals surface area contributed by atoms with E-state index in [9.17, 15) is 0 Å². The lowest BCUT2D eigenvalue weighted by Crippen LogP contribution is -2.36. The van der Waals surface area contributed by atoms with E-state index in [2.05, 4.69) is 40.7 Å². The number of nitrogens with one attached hydrogen (secondary N) is 1. The van der Waals surface area contributed by atoms with Crippen molar-refractivity contribution in [2.24, 2.45) is 0 Å². The van der Waals surface area contributed by atoms with Gasteiger partial charge in [0.1, 0.15) is 10.8 Å². The van der Waals surface area contributed by atoms with Crippen LogP contribution >= 0.6 is 11.5 Å². The minimum atomic E-state index is 0.504. The van der Waals surface area contributed by atoms with Crippen molar-refractivity contribution in [3.63, 3.8) is 0 Å². The molecule has 1 fully saturated rings. The predicted molar refractivity (Wildman–Crippen MR) is 90.7 cm³/mol. The average Bonchev–Trinajstić information content (AvgIpc) is 3.28. The van der Waals surface area contributed by atoms with Crippen LogP contribution in [0.4, 0.5) is 10.8 Å². The lowest BCUT2D eigenvalue weighted by atomic mass is 10.1. The molecular formula is C16H22N4S. The number of anilines is 2. The molecule has 0 bridgehead atoms. The van der Waals surface area contributed by atoms with Crippen LogP contribution in [-0.2, 0) is 0 Å². The summed E-state index contributed by atoms with van der Waals surface area (Å²) in [5.74, 6) is 0.608. The molecule has 112 valence electrons. The molecule has 0 radical (unpaired) electrons. The third-order valence-corrected chi connectivity index (χ3v) is 4.98. The van der Waals surface area contributed by atoms with E-state index >= 15 is 0 Å². The first-order chi connectivity index (χ1) is 10.2. The van der Waals surface area contributed by atoms with Crippen LogP contribution in [0.5, 0.6) is 0 Å². The van der Waals surface area contributed by atoms with Gasteiger partial charge in [-0.2, -0.15) is 4.37 Å². The van der Waals surface area contributed by atoms with Gasteiger partial charge in [-0.1, -0.05) is 30.3 Å². The molecular weight excluding hydrogens is 280 g/mol. The molecule has 1 unspecified atom stereocenters. The Bertz CT molecular complexity index is 592. The first-order valence-electron chi connectivity index (χ1n) is 7.43. The molecule has 3 N–H and O–H groups in total. The summed E-state index contributed by atoms with van der Waals surface area (Å²) >= 11 is 1.44. The van der Waals surface area contributed by atoms with Crippen LogP contribution in [0, 0.1) is 0 Å². The number of aromatic nitrogens is 1. The number of benzene rings is 1. The Morgan fingerprint density at radius 3 is 2.76 bits per heavy atom. The zero-order chi connectivity index (χ0) is 14.8. The van der Waals surface area contributed by atoms with Gasteiger partial charge < -0.3 is 11.1 Å². The highest BCUT2D eigenvalue weighted by atomic mass is 32.1. The standard InChI is InChI=1S/C16H22N4S/c1-11(20(2)13-8-9-13)10-18-16-14(15(17)19-21-16)12-6-4-3-5-7-12/h3-7,11,13,18H,8-10H2,1-2H3,(H2,17,19). The van der Waals surface area contributed by atoms with E-state index in [1.165, 1.54) is 24.4 Å². The molecule has 4 nitrogen and oxygen atoms in total. The molecule has 0 amide bonds. The smallest absolute Gasteiger partial charge is 0.147 e. The number of hydrogen-bond acceptors (Lipinski definition) is 5. The molecule has 3 rings (SSSR count). The molecule has 2 aromatic rings. The molecule has 1 saturated carbocycles. The Balaban J connectivity index is 1.71. The zero-order valence-corrected chi connectivity index (χ0v) is 13.4. The van der Waals surface area contributed by atoms with Crippen LogP contribution in [0.25, 0.3) is 11.1 Å². The Morgan fingerprint density at radius 2 is 2.10 bits per heavy atom. The van der Waals surface area contributed by atoms with Crippen molar-refractivity contribution in [3.05, 3.63) is 30.3 Å². The van der Waals surface area contributed by atoms with E-state index in [-0.39, 0.29) is 0 Å². The monoisotopic (exact) mass is 302 g/mol. The molecule has 1 atom stereocenters. The number of likely N-dealkylation sites (N-methyl/N-ethyl adjacent to an activating group) is 1. The van der Waals surface area contributed by atoms with Crippen molar-refractivity contribution in [1.82, 2.24) is 9.27 Å². The van der Waals surface area contributed by atoms with E-state index < -0.39 is 0 Å². The van der Waals surface area contributed by atoms with E-state index in [0.717, 1.165) is 28.7 Å². The van der Waals surface area contributed by atoms with E-state index in [1.54, 1.807) is 0 Å². The first-order valence-corrected chi connectivity index (χ1v) is 8.20. The summed E-state index contributed by atoms with van der Waals surface area (Å²) in [7, 11) is 2.21. The molecule has 21 heavy (non-hydrogen) atoms. The molecule has 1 aliphatic carbocycles. The van der Waals surface area contributed by atoms with Gasteiger partial charge in [0.25, 0.3) is 0 Å². The molecule has 1 aliphatic rings.